The summed E-state index contributed by atoms with van der Waals surface area (Å²) in [4.78, 5) is 10.5. The van der Waals surface area contributed by atoms with Crippen molar-refractivity contribution >= 4 is 81.1 Å². The van der Waals surface area contributed by atoms with Gasteiger partial charge in [0, 0.05) is 37.0 Å². The largest absolute Gasteiger partial charge is 0.233 e. The fourth-order valence-electron chi connectivity index (χ4n) is 8.15. The number of thiophene rings is 1. The molecule has 0 N–H and O–H groups in total. The van der Waals surface area contributed by atoms with E-state index in [1.54, 1.807) is 6.08 Å². The number of hydrogen-bond acceptors (Lipinski definition) is 2. The lowest BCUT2D eigenvalue weighted by molar-refractivity contribution is 1.44. The van der Waals surface area contributed by atoms with Crippen LogP contribution in [0, 0.1) is 0 Å². The lowest BCUT2D eigenvalue weighted by Crippen LogP contribution is -2.04. The van der Waals surface area contributed by atoms with Crippen molar-refractivity contribution in [2.45, 2.75) is 6.92 Å². The minimum Gasteiger partial charge on any atom is -0.233 e. The molecule has 3 heteroatoms. The topological polar surface area (TPSA) is 24.7 Å². The molecule has 58 heavy (non-hydrogen) atoms. The monoisotopic (exact) mass is 758 g/mol. The molecular weight excluding hydrogens is 721 g/mol. The summed E-state index contributed by atoms with van der Waals surface area (Å²) < 4.78 is 2.64. The molecule has 0 aliphatic heterocycles. The van der Waals surface area contributed by atoms with Crippen LogP contribution in [-0.2, 0) is 0 Å². The van der Waals surface area contributed by atoms with E-state index in [1.165, 1.54) is 69.4 Å². The average Bonchev–Trinajstić information content (AvgIpc) is 3.67. The number of allylic oxidation sites excluding steroid dienone is 2. The Morgan fingerprint density at radius 2 is 0.948 bits per heavy atom. The molecule has 0 spiro atoms. The van der Waals surface area contributed by atoms with E-state index in [4.69, 9.17) is 9.98 Å². The van der Waals surface area contributed by atoms with Crippen LogP contribution in [0.15, 0.2) is 217 Å². The van der Waals surface area contributed by atoms with Gasteiger partial charge in [0.15, 0.2) is 5.84 Å². The van der Waals surface area contributed by atoms with Crippen molar-refractivity contribution in [3.05, 3.63) is 223 Å². The van der Waals surface area contributed by atoms with E-state index in [1.807, 2.05) is 60.7 Å². The van der Waals surface area contributed by atoms with Crippen LogP contribution >= 0.6 is 11.3 Å². The molecular formula is C55H38N2S. The van der Waals surface area contributed by atoms with E-state index in [-0.39, 0.29) is 0 Å². The van der Waals surface area contributed by atoms with Gasteiger partial charge in [0.1, 0.15) is 0 Å². The Morgan fingerprint density at radius 3 is 1.69 bits per heavy atom. The Balaban J connectivity index is 1.12. The first kappa shape index (κ1) is 35.2. The molecule has 0 saturated heterocycles. The van der Waals surface area contributed by atoms with Gasteiger partial charge in [-0.15, -0.1) is 11.3 Å². The molecule has 0 saturated carbocycles. The second-order valence-corrected chi connectivity index (χ2v) is 15.7. The van der Waals surface area contributed by atoms with Gasteiger partial charge in [0.25, 0.3) is 0 Å². The van der Waals surface area contributed by atoms with Gasteiger partial charge in [-0.25, -0.2) is 9.98 Å². The maximum atomic E-state index is 5.26. The third kappa shape index (κ3) is 6.52. The number of nitrogens with zero attached hydrogens (tertiary/aromatic N) is 2. The van der Waals surface area contributed by atoms with E-state index in [0.717, 1.165) is 33.5 Å². The highest BCUT2D eigenvalue weighted by molar-refractivity contribution is 7.25. The van der Waals surface area contributed by atoms with Crippen LogP contribution in [0.5, 0.6) is 0 Å². The summed E-state index contributed by atoms with van der Waals surface area (Å²) in [6.45, 7) is 6.05. The summed E-state index contributed by atoms with van der Waals surface area (Å²) in [7, 11) is 0. The molecule has 2 nitrogen and oxygen atoms in total. The number of hydrogen-bond donors (Lipinski definition) is 0. The minimum absolute atomic E-state index is 0.642. The highest BCUT2D eigenvalue weighted by Gasteiger charge is 2.15. The van der Waals surface area contributed by atoms with Gasteiger partial charge in [-0.05, 0) is 103 Å². The summed E-state index contributed by atoms with van der Waals surface area (Å²) in [6, 6.07) is 67.4. The molecule has 0 fully saturated rings. The van der Waals surface area contributed by atoms with Gasteiger partial charge in [0.2, 0.25) is 0 Å². The van der Waals surface area contributed by atoms with Gasteiger partial charge in [-0.2, -0.15) is 0 Å². The highest BCUT2D eigenvalue weighted by atomic mass is 32.1. The van der Waals surface area contributed by atoms with Crippen molar-refractivity contribution in [1.29, 1.82) is 0 Å². The highest BCUT2D eigenvalue weighted by Crippen LogP contribution is 2.40. The van der Waals surface area contributed by atoms with E-state index >= 15 is 0 Å². The quantitative estimate of drug-likeness (QED) is 0.0669. The SMILES string of the molecule is C=C/C=C(/N=C(\N=C(/C)c1ccccc1)c1ccc2c3ccccc3c3cc(-c4cccc(-c5ccc6c(c5)sc5ccccc56)c4)ccc3c2c1)c1ccccc1. The minimum atomic E-state index is 0.642. The summed E-state index contributed by atoms with van der Waals surface area (Å²) in [5, 5.41) is 9.87. The third-order valence-electron chi connectivity index (χ3n) is 11.0. The molecule has 0 amide bonds. The van der Waals surface area contributed by atoms with Crippen molar-refractivity contribution in [2.75, 3.05) is 0 Å². The number of amidine groups is 1. The van der Waals surface area contributed by atoms with Gasteiger partial charge < -0.3 is 0 Å². The van der Waals surface area contributed by atoms with E-state index < -0.39 is 0 Å². The second kappa shape index (κ2) is 15.0. The van der Waals surface area contributed by atoms with Crippen LogP contribution in [-0.4, -0.2) is 11.5 Å². The number of aliphatic imine (C=N–C) groups is 2. The smallest absolute Gasteiger partial charge is 0.160 e. The van der Waals surface area contributed by atoms with Crippen molar-refractivity contribution in [3.8, 4) is 22.3 Å². The van der Waals surface area contributed by atoms with Gasteiger partial charge in [-0.3, -0.25) is 0 Å². The second-order valence-electron chi connectivity index (χ2n) is 14.6. The molecule has 0 aliphatic rings. The zero-order valence-electron chi connectivity index (χ0n) is 32.1. The standard InChI is InChI=1S/C55H38N2S/c1-3-15-52(38-18-8-5-9-19-38)57-55(56-36(2)37-16-6-4-7-17-37)43-28-30-46-44-22-10-11-23-45(44)50-33-41(26-29-47(50)51(46)34-43)39-20-14-21-40(32-39)42-27-31-49-48-24-12-13-25-53(48)58-54(49)35-42/h3-35H,1H2,2H3/b52-15+,56-36+,57-55-. The van der Waals surface area contributed by atoms with Crippen LogP contribution in [0.4, 0.5) is 0 Å². The Hall–Kier alpha value is -7.20. The molecule has 1 aromatic heterocycles. The molecule has 0 aliphatic carbocycles. The van der Waals surface area contributed by atoms with Crippen molar-refractivity contribution < 1.29 is 0 Å². The fourth-order valence-corrected chi connectivity index (χ4v) is 9.29. The first-order valence-corrected chi connectivity index (χ1v) is 20.4. The zero-order valence-corrected chi connectivity index (χ0v) is 32.9. The first-order chi connectivity index (χ1) is 28.6. The van der Waals surface area contributed by atoms with E-state index in [0.29, 0.717) is 5.84 Å². The summed E-state index contributed by atoms with van der Waals surface area (Å²) in [6.07, 6.45) is 3.74. The van der Waals surface area contributed by atoms with E-state index in [9.17, 15) is 0 Å². The summed E-state index contributed by atoms with van der Waals surface area (Å²) in [5.74, 6) is 0.642. The predicted octanol–water partition coefficient (Wildman–Crippen LogP) is 15.3. The van der Waals surface area contributed by atoms with Gasteiger partial charge >= 0.3 is 0 Å². The lowest BCUT2D eigenvalue weighted by atomic mass is 9.90. The van der Waals surface area contributed by atoms with Crippen molar-refractivity contribution in [2.24, 2.45) is 9.98 Å². The van der Waals surface area contributed by atoms with Crippen LogP contribution in [0.1, 0.15) is 23.6 Å². The summed E-state index contributed by atoms with van der Waals surface area (Å²) >= 11 is 1.86. The summed E-state index contributed by atoms with van der Waals surface area (Å²) in [5.41, 5.74) is 9.51. The molecule has 0 atom stereocenters. The van der Waals surface area contributed by atoms with Crippen LogP contribution in [0.3, 0.4) is 0 Å². The first-order valence-electron chi connectivity index (χ1n) is 19.6. The number of rotatable bonds is 7. The van der Waals surface area contributed by atoms with Gasteiger partial charge in [0.05, 0.1) is 5.70 Å². The normalized spacial score (nSPS) is 12.6. The Bertz CT molecular complexity index is 3290. The van der Waals surface area contributed by atoms with E-state index in [2.05, 4.69) is 158 Å². The number of fused-ring (bicyclic) bond motifs is 9. The number of benzene rings is 9. The zero-order chi connectivity index (χ0) is 39.0. The molecule has 1 heterocycles. The average molecular weight is 759 g/mol. The molecule has 0 unspecified atom stereocenters. The molecule has 10 aromatic rings. The molecule has 10 rings (SSSR count). The molecule has 0 radical (unpaired) electrons. The maximum Gasteiger partial charge on any atom is 0.160 e. The van der Waals surface area contributed by atoms with Crippen molar-refractivity contribution in [3.63, 3.8) is 0 Å². The Morgan fingerprint density at radius 1 is 0.414 bits per heavy atom. The predicted molar refractivity (Wildman–Crippen MR) is 253 cm³/mol. The van der Waals surface area contributed by atoms with Crippen LogP contribution in [0.25, 0.3) is 80.4 Å². The third-order valence-corrected chi connectivity index (χ3v) is 12.2. The lowest BCUT2D eigenvalue weighted by Gasteiger charge is -2.14. The molecule has 274 valence electrons. The van der Waals surface area contributed by atoms with Crippen molar-refractivity contribution in [1.82, 2.24) is 0 Å². The van der Waals surface area contributed by atoms with Gasteiger partial charge in [-0.1, -0.05) is 170 Å². The van der Waals surface area contributed by atoms with Crippen LogP contribution < -0.4 is 0 Å². The maximum absolute atomic E-state index is 5.26. The Kier molecular flexibility index (Phi) is 9.14. The molecule has 9 aromatic carbocycles. The Labute approximate surface area is 342 Å². The van der Waals surface area contributed by atoms with Crippen LogP contribution in [0.2, 0.25) is 0 Å². The molecule has 0 bridgehead atoms. The fraction of sp³-hybridized carbons (Fsp3) is 0.0182.